The number of hydrogen-bond acceptors (Lipinski definition) is 4. The lowest BCUT2D eigenvalue weighted by atomic mass is 10.0. The molecule has 0 saturated carbocycles. The zero-order valence-electron chi connectivity index (χ0n) is 13.7. The third-order valence-electron chi connectivity index (χ3n) is 4.97. The van der Waals surface area contributed by atoms with Crippen LogP contribution < -0.4 is 15.8 Å². The maximum atomic E-state index is 11.9. The first-order valence-corrected chi connectivity index (χ1v) is 8.43. The van der Waals surface area contributed by atoms with Gasteiger partial charge in [0.25, 0.3) is 5.91 Å². The van der Waals surface area contributed by atoms with Crippen molar-refractivity contribution in [3.8, 4) is 17.0 Å². The number of ether oxygens (including phenoxy) is 1. The Labute approximate surface area is 141 Å². The number of nitrogens with two attached hydrogens (primary N) is 1. The third kappa shape index (κ3) is 2.89. The van der Waals surface area contributed by atoms with Crippen LogP contribution >= 0.6 is 0 Å². The molecule has 2 atom stereocenters. The van der Waals surface area contributed by atoms with Gasteiger partial charge in [0.2, 0.25) is 0 Å². The SMILES string of the molecule is Cn1cnc(-c2ccc(OC3CC4CCC(C3)N4)c(C(N)=O)c2)c1. The van der Waals surface area contributed by atoms with E-state index in [9.17, 15) is 4.79 Å². The van der Waals surface area contributed by atoms with Gasteiger partial charge >= 0.3 is 0 Å². The van der Waals surface area contributed by atoms with Gasteiger partial charge in [0, 0.05) is 30.9 Å². The fourth-order valence-electron chi connectivity index (χ4n) is 3.83. The molecule has 0 spiro atoms. The molecule has 0 aliphatic carbocycles. The Bertz CT molecular complexity index is 758. The van der Waals surface area contributed by atoms with Crippen molar-refractivity contribution in [3.05, 3.63) is 36.3 Å². The maximum absolute atomic E-state index is 11.9. The Morgan fingerprint density at radius 3 is 2.71 bits per heavy atom. The molecule has 6 nitrogen and oxygen atoms in total. The highest BCUT2D eigenvalue weighted by Gasteiger charge is 2.34. The third-order valence-corrected chi connectivity index (χ3v) is 4.97. The van der Waals surface area contributed by atoms with E-state index >= 15 is 0 Å². The van der Waals surface area contributed by atoms with Gasteiger partial charge in [0.1, 0.15) is 11.9 Å². The Morgan fingerprint density at radius 1 is 1.33 bits per heavy atom. The number of benzene rings is 1. The molecule has 0 radical (unpaired) electrons. The first-order valence-electron chi connectivity index (χ1n) is 8.43. The van der Waals surface area contributed by atoms with Crippen LogP contribution in [0.3, 0.4) is 0 Å². The largest absolute Gasteiger partial charge is 0.489 e. The number of piperidine rings is 1. The van der Waals surface area contributed by atoms with Crippen molar-refractivity contribution >= 4 is 5.91 Å². The number of carbonyl (C=O) groups is 1. The molecule has 1 amide bonds. The van der Waals surface area contributed by atoms with E-state index in [4.69, 9.17) is 10.5 Å². The summed E-state index contributed by atoms with van der Waals surface area (Å²) in [5, 5.41) is 3.59. The number of rotatable bonds is 4. The minimum Gasteiger partial charge on any atom is -0.489 e. The number of nitrogens with one attached hydrogen (secondary N) is 1. The smallest absolute Gasteiger partial charge is 0.252 e. The molecule has 1 aromatic heterocycles. The Balaban J connectivity index is 1.59. The Hall–Kier alpha value is -2.34. The van der Waals surface area contributed by atoms with Gasteiger partial charge in [-0.15, -0.1) is 0 Å². The van der Waals surface area contributed by atoms with E-state index in [0.29, 0.717) is 23.4 Å². The molecule has 4 rings (SSSR count). The number of amides is 1. The molecule has 6 heteroatoms. The van der Waals surface area contributed by atoms with Crippen LogP contribution in [0.25, 0.3) is 11.3 Å². The molecule has 1 aromatic carbocycles. The maximum Gasteiger partial charge on any atom is 0.252 e. The van der Waals surface area contributed by atoms with Crippen molar-refractivity contribution in [2.75, 3.05) is 0 Å². The summed E-state index contributed by atoms with van der Waals surface area (Å²) in [5.41, 5.74) is 7.68. The summed E-state index contributed by atoms with van der Waals surface area (Å²) in [6.07, 6.45) is 8.17. The molecule has 3 heterocycles. The molecule has 2 aromatic rings. The fraction of sp³-hybridized carbons (Fsp3) is 0.444. The second-order valence-electron chi connectivity index (χ2n) is 6.85. The van der Waals surface area contributed by atoms with Gasteiger partial charge in [-0.3, -0.25) is 4.79 Å². The first kappa shape index (κ1) is 15.2. The molecule has 2 bridgehead atoms. The van der Waals surface area contributed by atoms with Crippen LogP contribution in [0.1, 0.15) is 36.0 Å². The van der Waals surface area contributed by atoms with Gasteiger partial charge in [0.15, 0.2) is 0 Å². The molecule has 126 valence electrons. The molecule has 2 unspecified atom stereocenters. The summed E-state index contributed by atoms with van der Waals surface area (Å²) in [6, 6.07) is 6.63. The second kappa shape index (κ2) is 5.94. The van der Waals surface area contributed by atoms with Crippen LogP contribution in [-0.4, -0.2) is 33.6 Å². The normalized spacial score (nSPS) is 25.6. The van der Waals surface area contributed by atoms with Crippen LogP contribution in [-0.2, 0) is 7.05 Å². The second-order valence-corrected chi connectivity index (χ2v) is 6.85. The number of aromatic nitrogens is 2. The van der Waals surface area contributed by atoms with Crippen molar-refractivity contribution in [3.63, 3.8) is 0 Å². The van der Waals surface area contributed by atoms with Crippen LogP contribution in [0.5, 0.6) is 5.75 Å². The van der Waals surface area contributed by atoms with Crippen LogP contribution in [0, 0.1) is 0 Å². The number of primary amides is 1. The number of hydrogen-bond donors (Lipinski definition) is 2. The molecule has 24 heavy (non-hydrogen) atoms. The highest BCUT2D eigenvalue weighted by atomic mass is 16.5. The summed E-state index contributed by atoms with van der Waals surface area (Å²) in [5.74, 6) is 0.105. The predicted molar refractivity (Wildman–Crippen MR) is 90.8 cm³/mol. The van der Waals surface area contributed by atoms with E-state index in [1.807, 2.05) is 29.9 Å². The van der Waals surface area contributed by atoms with Crippen molar-refractivity contribution in [1.29, 1.82) is 0 Å². The summed E-state index contributed by atoms with van der Waals surface area (Å²) < 4.78 is 8.03. The molecular weight excluding hydrogens is 304 g/mol. The first-order chi connectivity index (χ1) is 11.6. The number of nitrogens with zero attached hydrogens (tertiary/aromatic N) is 2. The average molecular weight is 326 g/mol. The standard InChI is InChI=1S/C18H22N4O2/c1-22-9-16(20-10-22)11-2-5-17(15(6-11)18(19)23)24-14-7-12-3-4-13(8-14)21-12/h2,5-6,9-10,12-14,21H,3-4,7-8H2,1H3,(H2,19,23). The average Bonchev–Trinajstić information content (AvgIpc) is 3.13. The van der Waals surface area contributed by atoms with Crippen LogP contribution in [0.4, 0.5) is 0 Å². The van der Waals surface area contributed by atoms with Gasteiger partial charge in [0.05, 0.1) is 17.6 Å². The summed E-state index contributed by atoms with van der Waals surface area (Å²) in [6.45, 7) is 0. The van der Waals surface area contributed by atoms with Gasteiger partial charge in [-0.05, 0) is 43.9 Å². The van der Waals surface area contributed by atoms with Crippen molar-refractivity contribution < 1.29 is 9.53 Å². The van der Waals surface area contributed by atoms with Crippen molar-refractivity contribution in [1.82, 2.24) is 14.9 Å². The lowest BCUT2D eigenvalue weighted by Crippen LogP contribution is -2.42. The van der Waals surface area contributed by atoms with Gasteiger partial charge in [-0.1, -0.05) is 0 Å². The van der Waals surface area contributed by atoms with E-state index in [0.717, 1.165) is 24.1 Å². The summed E-state index contributed by atoms with van der Waals surface area (Å²) >= 11 is 0. The van der Waals surface area contributed by atoms with Crippen LogP contribution in [0.15, 0.2) is 30.7 Å². The highest BCUT2D eigenvalue weighted by Crippen LogP contribution is 2.32. The number of carbonyl (C=O) groups excluding carboxylic acids is 1. The van der Waals surface area contributed by atoms with E-state index in [1.165, 1.54) is 12.8 Å². The molecule has 2 saturated heterocycles. The predicted octanol–water partition coefficient (Wildman–Crippen LogP) is 1.85. The van der Waals surface area contributed by atoms with Gasteiger partial charge in [-0.25, -0.2) is 4.98 Å². The number of fused-ring (bicyclic) bond motifs is 2. The minimum absolute atomic E-state index is 0.141. The summed E-state index contributed by atoms with van der Waals surface area (Å²) in [4.78, 5) is 16.2. The number of imidazole rings is 1. The highest BCUT2D eigenvalue weighted by molar-refractivity contribution is 5.96. The zero-order valence-corrected chi connectivity index (χ0v) is 13.7. The van der Waals surface area contributed by atoms with Crippen LogP contribution in [0.2, 0.25) is 0 Å². The molecule has 2 aliphatic rings. The van der Waals surface area contributed by atoms with E-state index in [2.05, 4.69) is 10.3 Å². The topological polar surface area (TPSA) is 82.2 Å². The minimum atomic E-state index is -0.473. The van der Waals surface area contributed by atoms with Crippen molar-refractivity contribution in [2.45, 2.75) is 43.9 Å². The van der Waals surface area contributed by atoms with Gasteiger partial charge in [-0.2, -0.15) is 0 Å². The monoisotopic (exact) mass is 326 g/mol. The van der Waals surface area contributed by atoms with E-state index in [-0.39, 0.29) is 6.10 Å². The lowest BCUT2D eigenvalue weighted by Gasteiger charge is -2.30. The fourth-order valence-corrected chi connectivity index (χ4v) is 3.83. The van der Waals surface area contributed by atoms with Crippen molar-refractivity contribution in [2.24, 2.45) is 12.8 Å². The lowest BCUT2D eigenvalue weighted by molar-refractivity contribution is 0.0984. The quantitative estimate of drug-likeness (QED) is 0.898. The molecule has 2 aliphatic heterocycles. The Morgan fingerprint density at radius 2 is 2.08 bits per heavy atom. The summed E-state index contributed by atoms with van der Waals surface area (Å²) in [7, 11) is 1.91. The van der Waals surface area contributed by atoms with E-state index in [1.54, 1.807) is 12.4 Å². The molecule has 3 N–H and O–H groups in total. The molecular formula is C18H22N4O2. The van der Waals surface area contributed by atoms with E-state index < -0.39 is 5.91 Å². The zero-order chi connectivity index (χ0) is 16.7. The van der Waals surface area contributed by atoms with Gasteiger partial charge < -0.3 is 20.4 Å². The number of aryl methyl sites for hydroxylation is 1. The Kier molecular flexibility index (Phi) is 3.76. The molecule has 2 fully saturated rings.